The molecule has 2 saturated heterocycles. The zero-order chi connectivity index (χ0) is 19.0. The number of rotatable bonds is 4. The molecule has 2 unspecified atom stereocenters. The molecule has 27 heavy (non-hydrogen) atoms. The lowest BCUT2D eigenvalue weighted by Crippen LogP contribution is -2.57. The van der Waals surface area contributed by atoms with Gasteiger partial charge in [0, 0.05) is 24.5 Å². The molecule has 2 fully saturated rings. The molecule has 2 aromatic rings. The number of carbonyl (C=O) groups excluding carboxylic acids is 1. The summed E-state index contributed by atoms with van der Waals surface area (Å²) in [7, 11) is 0. The molecule has 0 amide bonds. The van der Waals surface area contributed by atoms with Crippen LogP contribution >= 0.6 is 0 Å². The normalized spacial score (nSPS) is 25.4. The van der Waals surface area contributed by atoms with Gasteiger partial charge in [-0.1, -0.05) is 30.3 Å². The van der Waals surface area contributed by atoms with Crippen molar-refractivity contribution in [3.8, 4) is 0 Å². The van der Waals surface area contributed by atoms with Crippen LogP contribution in [0.3, 0.4) is 0 Å². The predicted molar refractivity (Wildman–Crippen MR) is 93.8 cm³/mol. The first-order chi connectivity index (χ1) is 13.0. The van der Waals surface area contributed by atoms with Crippen molar-refractivity contribution in [2.45, 2.75) is 31.5 Å². The highest BCUT2D eigenvalue weighted by atomic mass is 19.2. The van der Waals surface area contributed by atoms with E-state index in [2.05, 4.69) is 17.0 Å². The molecule has 2 aromatic carbocycles. The monoisotopic (exact) mass is 375 g/mol. The number of morpholine rings is 1. The highest BCUT2D eigenvalue weighted by molar-refractivity contribution is 5.98. The minimum atomic E-state index is -1.59. The molecule has 0 aromatic heterocycles. The standard InChI is InChI=1S/C21H20F3NO2/c22-18-7-6-17(19(23)20(18)24)21(26)14-8-15-11-27-12-16(9-14)25(15)10-13-4-2-1-3-5-13/h1-7,14-16H,8-12H2. The lowest BCUT2D eigenvalue weighted by atomic mass is 9.80. The van der Waals surface area contributed by atoms with Crippen molar-refractivity contribution in [1.82, 2.24) is 4.90 Å². The van der Waals surface area contributed by atoms with Crippen molar-refractivity contribution in [2.75, 3.05) is 13.2 Å². The number of piperidine rings is 1. The molecule has 3 nitrogen and oxygen atoms in total. The predicted octanol–water partition coefficient (Wildman–Crippen LogP) is 3.97. The van der Waals surface area contributed by atoms with Gasteiger partial charge < -0.3 is 4.74 Å². The van der Waals surface area contributed by atoms with E-state index in [-0.39, 0.29) is 17.6 Å². The number of hydrogen-bond acceptors (Lipinski definition) is 3. The number of ketones is 1. The molecule has 2 aliphatic rings. The fourth-order valence-electron chi connectivity index (χ4n) is 4.19. The van der Waals surface area contributed by atoms with E-state index in [0.717, 1.165) is 18.7 Å². The number of fused-ring (bicyclic) bond motifs is 2. The minimum Gasteiger partial charge on any atom is -0.378 e. The zero-order valence-corrected chi connectivity index (χ0v) is 14.7. The summed E-state index contributed by atoms with van der Waals surface area (Å²) in [6, 6.07) is 12.0. The van der Waals surface area contributed by atoms with Gasteiger partial charge in [-0.15, -0.1) is 0 Å². The van der Waals surface area contributed by atoms with Gasteiger partial charge in [-0.3, -0.25) is 9.69 Å². The maximum atomic E-state index is 14.1. The number of hydrogen-bond donors (Lipinski definition) is 0. The van der Waals surface area contributed by atoms with Crippen molar-refractivity contribution in [1.29, 1.82) is 0 Å². The van der Waals surface area contributed by atoms with Crippen LogP contribution < -0.4 is 0 Å². The summed E-state index contributed by atoms with van der Waals surface area (Å²) < 4.78 is 46.4. The minimum absolute atomic E-state index is 0.0417. The maximum Gasteiger partial charge on any atom is 0.195 e. The third-order valence-corrected chi connectivity index (χ3v) is 5.55. The average molecular weight is 375 g/mol. The van der Waals surface area contributed by atoms with E-state index in [1.54, 1.807) is 0 Å². The van der Waals surface area contributed by atoms with Crippen LogP contribution in [-0.2, 0) is 11.3 Å². The molecule has 2 heterocycles. The molecule has 2 atom stereocenters. The second kappa shape index (κ2) is 7.44. The Morgan fingerprint density at radius 2 is 1.63 bits per heavy atom. The van der Waals surface area contributed by atoms with Crippen molar-refractivity contribution in [3.63, 3.8) is 0 Å². The summed E-state index contributed by atoms with van der Waals surface area (Å²) in [5.74, 6) is -5.15. The highest BCUT2D eigenvalue weighted by Gasteiger charge is 2.42. The van der Waals surface area contributed by atoms with Crippen molar-refractivity contribution >= 4 is 5.78 Å². The smallest absolute Gasteiger partial charge is 0.195 e. The van der Waals surface area contributed by atoms with Gasteiger partial charge in [-0.2, -0.15) is 0 Å². The fraction of sp³-hybridized carbons (Fsp3) is 0.381. The second-order valence-corrected chi connectivity index (χ2v) is 7.26. The van der Waals surface area contributed by atoms with E-state index in [0.29, 0.717) is 26.1 Å². The molecule has 142 valence electrons. The van der Waals surface area contributed by atoms with Crippen LogP contribution in [0.15, 0.2) is 42.5 Å². The first-order valence-electron chi connectivity index (χ1n) is 9.09. The van der Waals surface area contributed by atoms with Crippen LogP contribution in [0.4, 0.5) is 13.2 Å². The summed E-state index contributed by atoms with van der Waals surface area (Å²) >= 11 is 0. The Morgan fingerprint density at radius 3 is 2.30 bits per heavy atom. The largest absolute Gasteiger partial charge is 0.378 e. The molecule has 0 spiro atoms. The Kier molecular flexibility index (Phi) is 5.02. The molecule has 4 rings (SSSR count). The van der Waals surface area contributed by atoms with Gasteiger partial charge in [-0.05, 0) is 30.5 Å². The Hall–Kier alpha value is -2.18. The van der Waals surface area contributed by atoms with E-state index >= 15 is 0 Å². The Morgan fingerprint density at radius 1 is 0.963 bits per heavy atom. The maximum absolute atomic E-state index is 14.1. The summed E-state index contributed by atoms with van der Waals surface area (Å²) in [6.45, 7) is 1.78. The number of benzene rings is 2. The van der Waals surface area contributed by atoms with Crippen LogP contribution in [0.2, 0.25) is 0 Å². The third-order valence-electron chi connectivity index (χ3n) is 5.55. The lowest BCUT2D eigenvalue weighted by Gasteiger charge is -2.48. The van der Waals surface area contributed by atoms with Crippen molar-refractivity contribution < 1.29 is 22.7 Å². The quantitative estimate of drug-likeness (QED) is 0.598. The topological polar surface area (TPSA) is 29.5 Å². The van der Waals surface area contributed by atoms with Crippen molar-refractivity contribution in [2.24, 2.45) is 5.92 Å². The summed E-state index contributed by atoms with van der Waals surface area (Å²) in [5.41, 5.74) is 0.820. The van der Waals surface area contributed by atoms with Gasteiger partial charge in [0.15, 0.2) is 23.2 Å². The van der Waals surface area contributed by atoms with E-state index in [9.17, 15) is 18.0 Å². The number of Topliss-reactive ketones (excluding diaryl/α,β-unsaturated/α-hetero) is 1. The van der Waals surface area contributed by atoms with Gasteiger partial charge in [0.25, 0.3) is 0 Å². The highest BCUT2D eigenvalue weighted by Crippen LogP contribution is 2.35. The van der Waals surface area contributed by atoms with Gasteiger partial charge >= 0.3 is 0 Å². The van der Waals surface area contributed by atoms with Crippen LogP contribution in [-0.4, -0.2) is 36.0 Å². The summed E-state index contributed by atoms with van der Waals surface area (Å²) in [5, 5.41) is 0. The van der Waals surface area contributed by atoms with E-state index < -0.39 is 29.2 Å². The molecule has 0 saturated carbocycles. The molecular weight excluding hydrogens is 355 g/mol. The Bertz CT molecular complexity index is 829. The molecular formula is C21H20F3NO2. The van der Waals surface area contributed by atoms with Crippen LogP contribution in [0.25, 0.3) is 0 Å². The SMILES string of the molecule is O=C(c1ccc(F)c(F)c1F)C1CC2COCC(C1)N2Cc1ccccc1. The van der Waals surface area contributed by atoms with E-state index in [1.165, 1.54) is 5.56 Å². The molecule has 0 N–H and O–H groups in total. The number of carbonyl (C=O) groups is 1. The third kappa shape index (κ3) is 3.51. The lowest BCUT2D eigenvalue weighted by molar-refractivity contribution is -0.0873. The molecule has 6 heteroatoms. The van der Waals surface area contributed by atoms with Gasteiger partial charge in [-0.25, -0.2) is 13.2 Å². The molecule has 2 aliphatic heterocycles. The summed E-state index contributed by atoms with van der Waals surface area (Å²) in [4.78, 5) is 15.1. The first-order valence-corrected chi connectivity index (χ1v) is 9.09. The molecule has 0 radical (unpaired) electrons. The van der Waals surface area contributed by atoms with Crippen LogP contribution in [0, 0.1) is 23.4 Å². The second-order valence-electron chi connectivity index (χ2n) is 7.26. The van der Waals surface area contributed by atoms with E-state index in [4.69, 9.17) is 4.74 Å². The molecule has 0 aliphatic carbocycles. The number of nitrogens with zero attached hydrogens (tertiary/aromatic N) is 1. The Labute approximate surface area is 155 Å². The summed E-state index contributed by atoms with van der Waals surface area (Å²) in [6.07, 6.45) is 1.03. The van der Waals surface area contributed by atoms with Crippen molar-refractivity contribution in [3.05, 3.63) is 71.0 Å². The molecule has 2 bridgehead atoms. The first kappa shape index (κ1) is 18.2. The van der Waals surface area contributed by atoms with Crippen LogP contribution in [0.1, 0.15) is 28.8 Å². The van der Waals surface area contributed by atoms with Gasteiger partial charge in [0.2, 0.25) is 0 Å². The number of ether oxygens (including phenoxy) is 1. The number of halogens is 3. The zero-order valence-electron chi connectivity index (χ0n) is 14.7. The Balaban J connectivity index is 1.53. The average Bonchev–Trinajstić information content (AvgIpc) is 2.66. The fourth-order valence-corrected chi connectivity index (χ4v) is 4.19. The van der Waals surface area contributed by atoms with Gasteiger partial charge in [0.05, 0.1) is 18.8 Å². The van der Waals surface area contributed by atoms with Crippen LogP contribution in [0.5, 0.6) is 0 Å². The van der Waals surface area contributed by atoms with E-state index in [1.807, 2.05) is 18.2 Å². The van der Waals surface area contributed by atoms with Gasteiger partial charge in [0.1, 0.15) is 0 Å².